The number of β-lactam (4-membered cyclic amide) rings is 1. The SMILES string of the molecule is CN(C(=O)/C=C/c1ccccc1)C(=O)Nc1ccccc1CC(=O)NC1C(=O)N2C(C(=O)[O-])=C(CSc3ncn[nH]3)CS[C@H]12.[Na+]. The van der Waals surface area contributed by atoms with E-state index in [4.69, 9.17) is 0 Å². The van der Waals surface area contributed by atoms with Crippen LogP contribution in [-0.4, -0.2) is 84.7 Å². The third kappa shape index (κ3) is 8.04. The second-order valence-corrected chi connectivity index (χ2v) is 11.7. The van der Waals surface area contributed by atoms with Gasteiger partial charge < -0.3 is 20.5 Å². The van der Waals surface area contributed by atoms with Crippen molar-refractivity contribution in [2.24, 2.45) is 0 Å². The van der Waals surface area contributed by atoms with Gasteiger partial charge in [-0.15, -0.1) is 11.8 Å². The molecule has 2 aromatic carbocycles. The van der Waals surface area contributed by atoms with Crippen LogP contribution in [0.2, 0.25) is 0 Å². The molecule has 5 amide bonds. The number of nitrogens with one attached hydrogen (secondary N) is 3. The largest absolute Gasteiger partial charge is 1.00 e. The van der Waals surface area contributed by atoms with Crippen LogP contribution in [0.4, 0.5) is 10.5 Å². The fourth-order valence-electron chi connectivity index (χ4n) is 4.54. The van der Waals surface area contributed by atoms with E-state index < -0.39 is 41.1 Å². The molecule has 3 aromatic rings. The van der Waals surface area contributed by atoms with Crippen molar-refractivity contribution in [3.05, 3.63) is 89.4 Å². The fraction of sp³-hybridized carbons (Fsp3) is 0.207. The van der Waals surface area contributed by atoms with Crippen molar-refractivity contribution in [1.82, 2.24) is 30.3 Å². The first-order valence-corrected chi connectivity index (χ1v) is 15.3. The van der Waals surface area contributed by atoms with Crippen LogP contribution in [-0.2, 0) is 25.6 Å². The summed E-state index contributed by atoms with van der Waals surface area (Å²) in [5, 5.41) is 23.7. The van der Waals surface area contributed by atoms with Gasteiger partial charge in [0.2, 0.25) is 5.91 Å². The zero-order valence-corrected chi connectivity index (χ0v) is 27.9. The molecule has 1 saturated heterocycles. The summed E-state index contributed by atoms with van der Waals surface area (Å²) in [6.07, 6.45) is 4.05. The van der Waals surface area contributed by atoms with Gasteiger partial charge in [0, 0.05) is 30.3 Å². The number of carbonyl (C=O) groups excluding carboxylic acids is 5. The Morgan fingerprint density at radius 2 is 1.89 bits per heavy atom. The van der Waals surface area contributed by atoms with Gasteiger partial charge in [-0.25, -0.2) is 9.78 Å². The molecule has 0 saturated carbocycles. The predicted molar refractivity (Wildman–Crippen MR) is 162 cm³/mol. The Labute approximate surface area is 288 Å². The first-order valence-electron chi connectivity index (χ1n) is 13.3. The molecule has 45 heavy (non-hydrogen) atoms. The maximum absolute atomic E-state index is 13.0. The van der Waals surface area contributed by atoms with E-state index in [9.17, 15) is 29.1 Å². The van der Waals surface area contributed by atoms with Gasteiger partial charge in [-0.05, 0) is 28.8 Å². The summed E-state index contributed by atoms with van der Waals surface area (Å²) in [6.45, 7) is 0. The number of aromatic amines is 1. The number of fused-ring (bicyclic) bond motifs is 1. The Kier molecular flexibility index (Phi) is 11.6. The van der Waals surface area contributed by atoms with E-state index in [1.54, 1.807) is 30.3 Å². The number of amides is 5. The minimum absolute atomic E-state index is 0. The minimum Gasteiger partial charge on any atom is -0.543 e. The number of rotatable bonds is 10. The number of likely N-dealkylation sites (N-methyl/N-ethyl adjacent to an activating group) is 1. The van der Waals surface area contributed by atoms with Crippen LogP contribution < -0.4 is 45.3 Å². The molecule has 3 N–H and O–H groups in total. The number of H-pyrrole nitrogens is 1. The van der Waals surface area contributed by atoms with E-state index in [2.05, 4.69) is 25.8 Å². The summed E-state index contributed by atoms with van der Waals surface area (Å²) in [5.41, 5.74) is 1.90. The molecule has 2 aliphatic rings. The molecule has 1 aromatic heterocycles. The number of thioether (sulfide) groups is 2. The molecule has 3 heterocycles. The molecule has 0 radical (unpaired) electrons. The standard InChI is InChI=1S/C29H27N7O6S2.Na/c1-35(22(38)12-11-17-7-3-2-4-8-17)29(42)32-20-10-6-5-9-18(20)13-21(37)33-23-25(39)36-24(27(40)41)19(14-43-26(23)36)15-44-28-30-16-31-34-28;/h2-12,16,23,26H,13-15H2,1H3,(H,32,42)(H,33,37)(H,40,41)(H,30,31,34);/q;+1/p-1/b12-11+;/t23?,26-;/m1./s1. The van der Waals surface area contributed by atoms with Crippen molar-refractivity contribution >= 4 is 65.0 Å². The van der Waals surface area contributed by atoms with Crippen molar-refractivity contribution in [2.45, 2.75) is 23.0 Å². The third-order valence-corrected chi connectivity index (χ3v) is 9.10. The van der Waals surface area contributed by atoms with E-state index >= 15 is 0 Å². The van der Waals surface area contributed by atoms with Gasteiger partial charge in [-0.2, -0.15) is 5.10 Å². The number of benzene rings is 2. The first kappa shape index (κ1) is 34.0. The van der Waals surface area contributed by atoms with Gasteiger partial charge in [-0.3, -0.25) is 29.3 Å². The topological polar surface area (TPSA) is 181 Å². The Hall–Kier alpha value is -3.89. The van der Waals surface area contributed by atoms with Gasteiger partial charge >= 0.3 is 35.6 Å². The van der Waals surface area contributed by atoms with Crippen LogP contribution in [0.15, 0.2) is 83.4 Å². The normalized spacial score (nSPS) is 17.2. The molecule has 2 aliphatic heterocycles. The molecule has 13 nitrogen and oxygen atoms in total. The molecular formula is C29H26N7NaO6S2. The van der Waals surface area contributed by atoms with E-state index in [-0.39, 0.29) is 47.4 Å². The van der Waals surface area contributed by atoms with Crippen molar-refractivity contribution in [2.75, 3.05) is 23.9 Å². The summed E-state index contributed by atoms with van der Waals surface area (Å²) in [6, 6.07) is 14.2. The number of carbonyl (C=O) groups is 5. The number of nitrogens with zero attached hydrogens (tertiary/aromatic N) is 4. The van der Waals surface area contributed by atoms with Crippen LogP contribution in [0.3, 0.4) is 0 Å². The number of urea groups is 1. The molecular weight excluding hydrogens is 629 g/mol. The van der Waals surface area contributed by atoms with Gasteiger partial charge in [0.1, 0.15) is 17.7 Å². The first-order chi connectivity index (χ1) is 21.2. The Morgan fingerprint density at radius 1 is 1.16 bits per heavy atom. The van der Waals surface area contributed by atoms with Crippen LogP contribution in [0.1, 0.15) is 11.1 Å². The molecule has 0 aliphatic carbocycles. The number of aromatic nitrogens is 3. The van der Waals surface area contributed by atoms with Crippen LogP contribution in [0.5, 0.6) is 0 Å². The summed E-state index contributed by atoms with van der Waals surface area (Å²) < 4.78 is 0. The molecule has 1 fully saturated rings. The van der Waals surface area contributed by atoms with Crippen LogP contribution in [0, 0.1) is 0 Å². The number of hydrogen-bond acceptors (Lipinski definition) is 10. The fourth-order valence-corrected chi connectivity index (χ4v) is 6.80. The van der Waals surface area contributed by atoms with Crippen LogP contribution in [0.25, 0.3) is 6.08 Å². The maximum Gasteiger partial charge on any atom is 1.00 e. The average molecular weight is 656 g/mol. The number of aliphatic carboxylic acids is 1. The van der Waals surface area contributed by atoms with Crippen LogP contribution >= 0.6 is 23.5 Å². The van der Waals surface area contributed by atoms with Crippen molar-refractivity contribution < 1.29 is 58.6 Å². The number of para-hydroxylation sites is 1. The zero-order chi connectivity index (χ0) is 31.2. The third-order valence-electron chi connectivity index (χ3n) is 6.80. The van der Waals surface area contributed by atoms with Gasteiger partial charge in [0.05, 0.1) is 18.1 Å². The molecule has 2 atom stereocenters. The summed E-state index contributed by atoms with van der Waals surface area (Å²) in [7, 11) is 1.34. The zero-order valence-electron chi connectivity index (χ0n) is 24.3. The molecule has 1 unspecified atom stereocenters. The van der Waals surface area contributed by atoms with E-state index in [0.29, 0.717) is 27.7 Å². The quantitative estimate of drug-likeness (QED) is 0.0982. The smallest absolute Gasteiger partial charge is 0.543 e. The molecule has 0 spiro atoms. The molecule has 5 rings (SSSR count). The maximum atomic E-state index is 13.0. The predicted octanol–water partition coefficient (Wildman–Crippen LogP) is -1.75. The van der Waals surface area contributed by atoms with E-state index in [1.807, 2.05) is 30.3 Å². The second kappa shape index (κ2) is 15.4. The number of anilines is 1. The second-order valence-electron chi connectivity index (χ2n) is 9.68. The molecule has 226 valence electrons. The van der Waals surface area contributed by atoms with E-state index in [1.165, 1.54) is 43.0 Å². The summed E-state index contributed by atoms with van der Waals surface area (Å²) in [4.78, 5) is 69.4. The van der Waals surface area contributed by atoms with Crippen molar-refractivity contribution in [3.63, 3.8) is 0 Å². The van der Waals surface area contributed by atoms with Crippen molar-refractivity contribution in [1.29, 1.82) is 0 Å². The van der Waals surface area contributed by atoms with Gasteiger partial charge in [0.15, 0.2) is 5.16 Å². The Balaban J connectivity index is 0.00000461. The monoisotopic (exact) mass is 655 g/mol. The molecule has 16 heteroatoms. The van der Waals surface area contributed by atoms with Crippen molar-refractivity contribution in [3.8, 4) is 0 Å². The number of hydrogen-bond donors (Lipinski definition) is 3. The minimum atomic E-state index is -1.47. The Bertz CT molecular complexity index is 1650. The Morgan fingerprint density at radius 3 is 2.60 bits per heavy atom. The van der Waals surface area contributed by atoms with Gasteiger partial charge in [0.25, 0.3) is 11.8 Å². The average Bonchev–Trinajstić information content (AvgIpc) is 3.55. The summed E-state index contributed by atoms with van der Waals surface area (Å²) in [5.74, 6) is -2.46. The summed E-state index contributed by atoms with van der Waals surface area (Å²) >= 11 is 2.59. The number of carboxylic acid groups (broad SMARTS) is 1. The number of imide groups is 1. The van der Waals surface area contributed by atoms with Gasteiger partial charge in [-0.1, -0.05) is 60.3 Å². The van der Waals surface area contributed by atoms with E-state index in [0.717, 1.165) is 15.4 Å². The molecule has 0 bridgehead atoms. The number of carboxylic acids is 1.